The van der Waals surface area contributed by atoms with E-state index in [-0.39, 0.29) is 0 Å². The number of nitrogens with zero attached hydrogens (tertiary/aromatic N) is 1. The van der Waals surface area contributed by atoms with Crippen LogP contribution < -0.4 is 15.2 Å². The smallest absolute Gasteiger partial charge is 0.301 e. The van der Waals surface area contributed by atoms with Crippen LogP contribution in [-0.2, 0) is 10.2 Å². The first-order valence-electron chi connectivity index (χ1n) is 6.77. The zero-order valence-corrected chi connectivity index (χ0v) is 14.3. The number of nitrogens with two attached hydrogens (primary N) is 1. The highest BCUT2D eigenvalue weighted by atomic mass is 79.9. The zero-order chi connectivity index (χ0) is 15.5. The van der Waals surface area contributed by atoms with Crippen LogP contribution in [-0.4, -0.2) is 39.5 Å². The molecule has 6 nitrogen and oxygen atoms in total. The van der Waals surface area contributed by atoms with Gasteiger partial charge in [-0.1, -0.05) is 15.9 Å². The molecule has 1 aliphatic rings. The number of nitrogens with one attached hydrogen (secondary N) is 1. The SMILES string of the molecule is COc1ccc(Br)cc1NS(=O)(=O)N1CCC(CN)CC1. The van der Waals surface area contributed by atoms with Crippen molar-refractivity contribution in [2.75, 3.05) is 31.5 Å². The van der Waals surface area contributed by atoms with E-state index in [2.05, 4.69) is 20.7 Å². The van der Waals surface area contributed by atoms with Gasteiger partial charge in [-0.15, -0.1) is 0 Å². The van der Waals surface area contributed by atoms with Gasteiger partial charge in [0.05, 0.1) is 12.8 Å². The van der Waals surface area contributed by atoms with Crippen molar-refractivity contribution in [3.05, 3.63) is 22.7 Å². The molecular formula is C13H20BrN3O3S. The molecule has 0 unspecified atom stereocenters. The van der Waals surface area contributed by atoms with E-state index in [0.29, 0.717) is 37.0 Å². The highest BCUT2D eigenvalue weighted by Gasteiger charge is 2.28. The highest BCUT2D eigenvalue weighted by Crippen LogP contribution is 2.30. The van der Waals surface area contributed by atoms with Gasteiger partial charge in [-0.2, -0.15) is 12.7 Å². The van der Waals surface area contributed by atoms with Gasteiger partial charge >= 0.3 is 10.2 Å². The molecule has 0 aromatic heterocycles. The minimum Gasteiger partial charge on any atom is -0.495 e. The molecule has 0 amide bonds. The second kappa shape index (κ2) is 6.95. The molecule has 8 heteroatoms. The van der Waals surface area contributed by atoms with Crippen molar-refractivity contribution in [2.24, 2.45) is 11.7 Å². The normalized spacial score (nSPS) is 17.7. The Morgan fingerprint density at radius 3 is 2.67 bits per heavy atom. The monoisotopic (exact) mass is 377 g/mol. The lowest BCUT2D eigenvalue weighted by Gasteiger charge is -2.30. The fourth-order valence-corrected chi connectivity index (χ4v) is 3.97. The number of halogens is 1. The van der Waals surface area contributed by atoms with Gasteiger partial charge in [-0.05, 0) is 43.5 Å². The lowest BCUT2D eigenvalue weighted by atomic mass is 9.99. The molecule has 0 bridgehead atoms. The predicted molar refractivity (Wildman–Crippen MR) is 86.6 cm³/mol. The first kappa shape index (κ1) is 16.5. The Balaban J connectivity index is 2.13. The summed E-state index contributed by atoms with van der Waals surface area (Å²) in [5.41, 5.74) is 6.05. The molecule has 0 atom stereocenters. The minimum absolute atomic E-state index is 0.414. The Morgan fingerprint density at radius 2 is 2.10 bits per heavy atom. The van der Waals surface area contributed by atoms with E-state index in [1.807, 2.05) is 0 Å². The first-order chi connectivity index (χ1) is 9.96. The molecule has 1 heterocycles. The van der Waals surface area contributed by atoms with Gasteiger partial charge in [-0.3, -0.25) is 4.72 Å². The topological polar surface area (TPSA) is 84.7 Å². The van der Waals surface area contributed by atoms with Gasteiger partial charge in [0.2, 0.25) is 0 Å². The Labute approximate surface area is 134 Å². The van der Waals surface area contributed by atoms with Gasteiger partial charge in [0.15, 0.2) is 0 Å². The standard InChI is InChI=1S/C13H20BrN3O3S/c1-20-13-3-2-11(14)8-12(13)16-21(18,19)17-6-4-10(9-15)5-7-17/h2-3,8,10,16H,4-7,9,15H2,1H3. The van der Waals surface area contributed by atoms with E-state index < -0.39 is 10.2 Å². The summed E-state index contributed by atoms with van der Waals surface area (Å²) in [5, 5.41) is 0. The van der Waals surface area contributed by atoms with Gasteiger partial charge in [0.25, 0.3) is 0 Å². The van der Waals surface area contributed by atoms with Gasteiger partial charge in [0.1, 0.15) is 5.75 Å². The third-order valence-electron chi connectivity index (χ3n) is 3.65. The van der Waals surface area contributed by atoms with Crippen molar-refractivity contribution in [3.8, 4) is 5.75 Å². The van der Waals surface area contributed by atoms with Crippen molar-refractivity contribution in [2.45, 2.75) is 12.8 Å². The summed E-state index contributed by atoms with van der Waals surface area (Å²) in [6.45, 7) is 1.60. The van der Waals surface area contributed by atoms with Crippen molar-refractivity contribution >= 4 is 31.8 Å². The van der Waals surface area contributed by atoms with Crippen molar-refractivity contribution in [1.82, 2.24) is 4.31 Å². The zero-order valence-electron chi connectivity index (χ0n) is 11.9. The highest BCUT2D eigenvalue weighted by molar-refractivity contribution is 9.10. The summed E-state index contributed by atoms with van der Waals surface area (Å²) in [6, 6.07) is 5.19. The summed E-state index contributed by atoms with van der Waals surface area (Å²) in [6.07, 6.45) is 1.60. The van der Waals surface area contributed by atoms with Crippen LogP contribution in [0.3, 0.4) is 0 Å². The van der Waals surface area contributed by atoms with Gasteiger partial charge in [-0.25, -0.2) is 0 Å². The molecule has 1 aromatic carbocycles. The Kier molecular flexibility index (Phi) is 5.48. The Morgan fingerprint density at radius 1 is 1.43 bits per heavy atom. The maximum absolute atomic E-state index is 12.4. The van der Waals surface area contributed by atoms with E-state index in [4.69, 9.17) is 10.5 Å². The summed E-state index contributed by atoms with van der Waals surface area (Å²) in [5.74, 6) is 0.899. The van der Waals surface area contributed by atoms with Crippen LogP contribution in [0.4, 0.5) is 5.69 Å². The summed E-state index contributed by atoms with van der Waals surface area (Å²) < 4.78 is 34.9. The van der Waals surface area contributed by atoms with E-state index in [9.17, 15) is 8.42 Å². The van der Waals surface area contributed by atoms with Gasteiger partial charge < -0.3 is 10.5 Å². The van der Waals surface area contributed by atoms with E-state index in [0.717, 1.165) is 17.3 Å². The maximum Gasteiger partial charge on any atom is 0.301 e. The van der Waals surface area contributed by atoms with Crippen molar-refractivity contribution in [1.29, 1.82) is 0 Å². The Hall–Kier alpha value is -0.830. The van der Waals surface area contributed by atoms with Crippen molar-refractivity contribution < 1.29 is 13.2 Å². The fraction of sp³-hybridized carbons (Fsp3) is 0.538. The Bertz CT molecular complexity index is 586. The third-order valence-corrected chi connectivity index (χ3v) is 5.66. The number of ether oxygens (including phenoxy) is 1. The van der Waals surface area contributed by atoms with Crippen LogP contribution >= 0.6 is 15.9 Å². The van der Waals surface area contributed by atoms with Crippen LogP contribution in [0.2, 0.25) is 0 Å². The molecule has 21 heavy (non-hydrogen) atoms. The molecule has 118 valence electrons. The van der Waals surface area contributed by atoms with Crippen LogP contribution in [0.15, 0.2) is 22.7 Å². The lowest BCUT2D eigenvalue weighted by Crippen LogP contribution is -2.42. The molecule has 0 aliphatic carbocycles. The maximum atomic E-state index is 12.4. The molecular weight excluding hydrogens is 358 g/mol. The number of methoxy groups -OCH3 is 1. The molecule has 1 saturated heterocycles. The average Bonchev–Trinajstić information content (AvgIpc) is 2.47. The number of rotatable bonds is 5. The van der Waals surface area contributed by atoms with Crippen LogP contribution in [0, 0.1) is 5.92 Å². The summed E-state index contributed by atoms with van der Waals surface area (Å²) in [7, 11) is -2.07. The molecule has 0 saturated carbocycles. The molecule has 1 fully saturated rings. The molecule has 1 aromatic rings. The predicted octanol–water partition coefficient (Wildman–Crippen LogP) is 1.79. The number of benzene rings is 1. The first-order valence-corrected chi connectivity index (χ1v) is 9.01. The molecule has 0 spiro atoms. The quantitative estimate of drug-likeness (QED) is 0.818. The molecule has 0 radical (unpaired) electrons. The molecule has 2 rings (SSSR count). The number of hydrogen-bond donors (Lipinski definition) is 2. The van der Waals surface area contributed by atoms with Crippen LogP contribution in [0.1, 0.15) is 12.8 Å². The second-order valence-corrected chi connectivity index (χ2v) is 7.62. The van der Waals surface area contributed by atoms with Crippen LogP contribution in [0.25, 0.3) is 0 Å². The van der Waals surface area contributed by atoms with Gasteiger partial charge in [0, 0.05) is 17.6 Å². The number of hydrogen-bond acceptors (Lipinski definition) is 4. The summed E-state index contributed by atoms with van der Waals surface area (Å²) in [4.78, 5) is 0. The summed E-state index contributed by atoms with van der Waals surface area (Å²) >= 11 is 3.33. The average molecular weight is 378 g/mol. The molecule has 3 N–H and O–H groups in total. The number of piperidine rings is 1. The third kappa shape index (κ3) is 4.09. The van der Waals surface area contributed by atoms with E-state index >= 15 is 0 Å². The van der Waals surface area contributed by atoms with Crippen LogP contribution in [0.5, 0.6) is 5.75 Å². The fourth-order valence-electron chi connectivity index (χ4n) is 2.35. The lowest BCUT2D eigenvalue weighted by molar-refractivity contribution is 0.279. The molecule has 1 aliphatic heterocycles. The van der Waals surface area contributed by atoms with E-state index in [1.54, 1.807) is 18.2 Å². The van der Waals surface area contributed by atoms with E-state index in [1.165, 1.54) is 11.4 Å². The van der Waals surface area contributed by atoms with Crippen molar-refractivity contribution in [3.63, 3.8) is 0 Å². The number of anilines is 1. The largest absolute Gasteiger partial charge is 0.495 e. The minimum atomic E-state index is -3.58. The second-order valence-electron chi connectivity index (χ2n) is 5.03.